The van der Waals surface area contributed by atoms with Crippen molar-refractivity contribution < 1.29 is 21.4 Å². The molecule has 0 spiro atoms. The average Bonchev–Trinajstić information content (AvgIpc) is 3.22. The number of piperidine rings is 1. The molecule has 3 aromatic rings. The van der Waals surface area contributed by atoms with Gasteiger partial charge in [0.1, 0.15) is 10.6 Å². The highest BCUT2D eigenvalue weighted by molar-refractivity contribution is 7.93. The number of fused-ring (bicyclic) bond motifs is 1. The number of alkyl halides is 2. The summed E-state index contributed by atoms with van der Waals surface area (Å²) in [7, 11) is -4.61. The van der Waals surface area contributed by atoms with Gasteiger partial charge in [-0.25, -0.2) is 35.5 Å². The lowest BCUT2D eigenvalue weighted by atomic mass is 10.1. The van der Waals surface area contributed by atoms with E-state index in [2.05, 4.69) is 24.3 Å². The number of halogens is 2. The first-order valence-electron chi connectivity index (χ1n) is 11.4. The molecule has 0 bridgehead atoms. The average molecular weight is 560 g/mol. The number of rotatable bonds is 7. The molecule has 1 saturated carbocycles. The molecule has 5 rings (SSSR count). The Bertz CT molecular complexity index is 1530. The Morgan fingerprint density at radius 3 is 2.50 bits per heavy atom. The van der Waals surface area contributed by atoms with E-state index in [1.807, 2.05) is 11.8 Å². The topological polar surface area (TPSA) is 122 Å². The summed E-state index contributed by atoms with van der Waals surface area (Å²) in [4.78, 5) is 6.57. The highest BCUT2D eigenvalue weighted by atomic mass is 32.2. The normalized spacial score (nSPS) is 20.1. The van der Waals surface area contributed by atoms with Crippen LogP contribution in [0.3, 0.4) is 0 Å². The maximum Gasteiger partial charge on any atom is 0.291 e. The van der Waals surface area contributed by atoms with Crippen molar-refractivity contribution in [2.45, 2.75) is 54.7 Å². The van der Waals surface area contributed by atoms with Gasteiger partial charge >= 0.3 is 0 Å². The Labute approximate surface area is 212 Å². The molecule has 1 aliphatic heterocycles. The van der Waals surface area contributed by atoms with Gasteiger partial charge in [0.05, 0.1) is 11.9 Å². The Hall–Kier alpha value is -2.23. The van der Waals surface area contributed by atoms with Crippen molar-refractivity contribution >= 4 is 42.4 Å². The predicted octanol–water partition coefficient (Wildman–Crippen LogP) is 3.32. The molecule has 1 atom stereocenters. The van der Waals surface area contributed by atoms with E-state index >= 15 is 0 Å². The molecule has 196 valence electrons. The van der Waals surface area contributed by atoms with E-state index in [0.29, 0.717) is 43.0 Å². The Kier molecular flexibility index (Phi) is 6.32. The molecule has 36 heavy (non-hydrogen) atoms. The van der Waals surface area contributed by atoms with Gasteiger partial charge in [-0.15, -0.1) is 10.2 Å². The van der Waals surface area contributed by atoms with Gasteiger partial charge in [-0.3, -0.25) is 4.40 Å². The second-order valence-electron chi connectivity index (χ2n) is 9.54. The Morgan fingerprint density at radius 1 is 1.22 bits per heavy atom. The monoisotopic (exact) mass is 559 g/mol. The lowest BCUT2D eigenvalue weighted by Gasteiger charge is -2.34. The van der Waals surface area contributed by atoms with Crippen LogP contribution in [0.2, 0.25) is 0 Å². The van der Waals surface area contributed by atoms with Crippen LogP contribution in [0, 0.1) is 0 Å². The first kappa shape index (κ1) is 25.4. The van der Waals surface area contributed by atoms with Crippen molar-refractivity contribution in [1.29, 1.82) is 0 Å². The Balaban J connectivity index is 1.59. The highest BCUT2D eigenvalue weighted by Gasteiger charge is 2.41. The number of aromatic nitrogens is 4. The summed E-state index contributed by atoms with van der Waals surface area (Å²) in [5.74, 6) is 0. The molecule has 0 amide bonds. The minimum Gasteiger partial charge on any atom is -0.368 e. The van der Waals surface area contributed by atoms with Crippen molar-refractivity contribution in [3.05, 3.63) is 23.5 Å². The van der Waals surface area contributed by atoms with Crippen LogP contribution in [-0.2, 0) is 19.8 Å². The number of nitrogens with zero attached hydrogens (tertiary/aromatic N) is 6. The predicted molar refractivity (Wildman–Crippen MR) is 135 cm³/mol. The van der Waals surface area contributed by atoms with E-state index in [4.69, 9.17) is 0 Å². The molecule has 0 aromatic carbocycles. The zero-order chi connectivity index (χ0) is 25.9. The summed E-state index contributed by atoms with van der Waals surface area (Å²) in [6.45, 7) is 2.95. The lowest BCUT2D eigenvalue weighted by molar-refractivity contribution is 0.150. The molecular formula is C21H27F2N7O3S3. The van der Waals surface area contributed by atoms with Crippen LogP contribution in [0.1, 0.15) is 44.0 Å². The number of sulfonamides is 1. The van der Waals surface area contributed by atoms with E-state index in [-0.39, 0.29) is 15.2 Å². The molecule has 1 saturated heterocycles. The SMILES string of the molecule is CN=S(C)(=O)C1CCN(c2cc(S(=O)(=O)NC3(C)CC3)cn3c(-c4nnc(C(F)F)s4)cnc23)CC1. The molecule has 2 aliphatic rings. The molecule has 1 unspecified atom stereocenters. The van der Waals surface area contributed by atoms with Gasteiger partial charge in [-0.1, -0.05) is 11.3 Å². The van der Waals surface area contributed by atoms with Gasteiger partial charge in [0, 0.05) is 53.1 Å². The smallest absolute Gasteiger partial charge is 0.291 e. The fraction of sp³-hybridized carbons (Fsp3) is 0.571. The van der Waals surface area contributed by atoms with Crippen molar-refractivity contribution in [3.63, 3.8) is 0 Å². The van der Waals surface area contributed by atoms with Crippen LogP contribution in [0.15, 0.2) is 27.7 Å². The van der Waals surface area contributed by atoms with Crippen molar-refractivity contribution in [2.75, 3.05) is 31.3 Å². The third kappa shape index (κ3) is 4.73. The summed E-state index contributed by atoms with van der Waals surface area (Å²) in [6.07, 6.45) is 4.62. The summed E-state index contributed by atoms with van der Waals surface area (Å²) >= 11 is 0.740. The Morgan fingerprint density at radius 2 is 1.92 bits per heavy atom. The third-order valence-corrected chi connectivity index (χ3v) is 11.9. The van der Waals surface area contributed by atoms with Gasteiger partial charge in [0.25, 0.3) is 6.43 Å². The van der Waals surface area contributed by atoms with Gasteiger partial charge in [0.15, 0.2) is 15.7 Å². The molecule has 10 nitrogen and oxygen atoms in total. The number of hydrogen-bond acceptors (Lipinski definition) is 9. The van der Waals surface area contributed by atoms with Crippen LogP contribution >= 0.6 is 11.3 Å². The molecule has 2 fully saturated rings. The second-order valence-corrected chi connectivity index (χ2v) is 15.0. The van der Waals surface area contributed by atoms with Crippen LogP contribution in [0.4, 0.5) is 14.5 Å². The molecular weight excluding hydrogens is 532 g/mol. The summed E-state index contributed by atoms with van der Waals surface area (Å²) < 4.78 is 74.0. The fourth-order valence-electron chi connectivity index (χ4n) is 4.36. The van der Waals surface area contributed by atoms with E-state index in [1.54, 1.807) is 23.8 Å². The van der Waals surface area contributed by atoms with Crippen molar-refractivity contribution in [3.8, 4) is 10.7 Å². The first-order chi connectivity index (χ1) is 16.9. The number of pyridine rings is 1. The van der Waals surface area contributed by atoms with Gasteiger partial charge in [-0.2, -0.15) is 0 Å². The number of nitrogens with one attached hydrogen (secondary N) is 1. The minimum atomic E-state index is -3.87. The van der Waals surface area contributed by atoms with Gasteiger partial charge in [-0.05, 0) is 38.7 Å². The second kappa shape index (κ2) is 8.96. The first-order valence-corrected chi connectivity index (χ1v) is 15.7. The van der Waals surface area contributed by atoms with Crippen LogP contribution in [0.25, 0.3) is 16.3 Å². The molecule has 4 heterocycles. The molecule has 1 N–H and O–H groups in total. The molecule has 0 radical (unpaired) electrons. The summed E-state index contributed by atoms with van der Waals surface area (Å²) in [6, 6.07) is 1.60. The van der Waals surface area contributed by atoms with E-state index < -0.39 is 36.7 Å². The highest BCUT2D eigenvalue weighted by Crippen LogP contribution is 2.38. The fourth-order valence-corrected chi connectivity index (χ4v) is 7.94. The van der Waals surface area contributed by atoms with E-state index in [9.17, 15) is 21.4 Å². The standard InChI is InChI=1S/C21H27F2N7O3S3/c1-21(6-7-21)28-36(32,33)14-10-15(29-8-4-13(5-9-29)35(3,31)24-2)18-25-11-16(30(18)12-14)19-26-27-20(34-19)17(22)23/h10-13,17,28H,4-9H2,1-3H3. The number of imidazole rings is 1. The number of hydrogen-bond donors (Lipinski definition) is 1. The molecule has 3 aromatic heterocycles. The minimum absolute atomic E-state index is 0.0425. The van der Waals surface area contributed by atoms with E-state index in [0.717, 1.165) is 24.2 Å². The van der Waals surface area contributed by atoms with Crippen LogP contribution < -0.4 is 9.62 Å². The molecule has 1 aliphatic carbocycles. The maximum atomic E-state index is 13.3. The van der Waals surface area contributed by atoms with Crippen molar-refractivity contribution in [1.82, 2.24) is 24.3 Å². The molecule has 15 heteroatoms. The zero-order valence-electron chi connectivity index (χ0n) is 20.0. The van der Waals surface area contributed by atoms with Crippen LogP contribution in [0.5, 0.6) is 0 Å². The van der Waals surface area contributed by atoms with Crippen molar-refractivity contribution in [2.24, 2.45) is 4.36 Å². The lowest BCUT2D eigenvalue weighted by Crippen LogP contribution is -2.39. The largest absolute Gasteiger partial charge is 0.368 e. The summed E-state index contributed by atoms with van der Waals surface area (Å²) in [5.41, 5.74) is 0.978. The van der Waals surface area contributed by atoms with Gasteiger partial charge < -0.3 is 4.90 Å². The summed E-state index contributed by atoms with van der Waals surface area (Å²) in [5, 5.41) is 7.19. The van der Waals surface area contributed by atoms with Gasteiger partial charge in [0.2, 0.25) is 10.0 Å². The third-order valence-electron chi connectivity index (χ3n) is 6.86. The quantitative estimate of drug-likeness (QED) is 0.471. The zero-order valence-corrected chi connectivity index (χ0v) is 22.5. The number of anilines is 1. The maximum absolute atomic E-state index is 13.3. The van der Waals surface area contributed by atoms with E-state index in [1.165, 1.54) is 12.4 Å². The van der Waals surface area contributed by atoms with Crippen LogP contribution in [-0.4, -0.2) is 69.4 Å².